The molecule has 0 radical (unpaired) electrons. The fraction of sp³-hybridized carbons (Fsp3) is 0. The first-order valence-corrected chi connectivity index (χ1v) is 7.82. The zero-order valence-electron chi connectivity index (χ0n) is 11.3. The predicted molar refractivity (Wildman–Crippen MR) is 87.9 cm³/mol. The van der Waals surface area contributed by atoms with Gasteiger partial charge in [0, 0.05) is 34.0 Å². The van der Waals surface area contributed by atoms with Crippen LogP contribution in [-0.2, 0) is 0 Å². The molecule has 0 atom stereocenters. The number of benzene rings is 1. The summed E-state index contributed by atoms with van der Waals surface area (Å²) < 4.78 is 1.88. The van der Waals surface area contributed by atoms with Gasteiger partial charge in [0.05, 0.1) is 5.70 Å². The van der Waals surface area contributed by atoms with Crippen LogP contribution in [0.4, 0.5) is 0 Å². The summed E-state index contributed by atoms with van der Waals surface area (Å²) >= 11 is 7.47. The maximum absolute atomic E-state index is 5.94. The van der Waals surface area contributed by atoms with Crippen molar-refractivity contribution in [3.8, 4) is 11.4 Å². The Hall–Kier alpha value is -2.31. The number of halogens is 1. The average molecular weight is 328 g/mol. The summed E-state index contributed by atoms with van der Waals surface area (Å²) in [5.74, 6) is 0.754. The van der Waals surface area contributed by atoms with Gasteiger partial charge in [-0.2, -0.15) is 0 Å². The molecule has 0 unspecified atom stereocenters. The molecular weight excluding hydrogens is 318 g/mol. The summed E-state index contributed by atoms with van der Waals surface area (Å²) in [5.41, 5.74) is 6.33. The quantitative estimate of drug-likeness (QED) is 0.778. The number of hydrogen-bond acceptors (Lipinski definition) is 5. The highest BCUT2D eigenvalue weighted by Crippen LogP contribution is 2.31. The fourth-order valence-corrected chi connectivity index (χ4v) is 3.02. The smallest absolute Gasteiger partial charge is 0.214 e. The summed E-state index contributed by atoms with van der Waals surface area (Å²) in [6.45, 7) is 0. The molecule has 4 rings (SSSR count). The summed E-state index contributed by atoms with van der Waals surface area (Å²) in [7, 11) is 0. The van der Waals surface area contributed by atoms with Crippen molar-refractivity contribution < 1.29 is 0 Å². The van der Waals surface area contributed by atoms with E-state index in [1.54, 1.807) is 12.4 Å². The van der Waals surface area contributed by atoms with Crippen molar-refractivity contribution in [2.75, 3.05) is 5.43 Å². The van der Waals surface area contributed by atoms with E-state index in [4.69, 9.17) is 11.6 Å². The van der Waals surface area contributed by atoms with Crippen LogP contribution in [0.2, 0.25) is 5.02 Å². The monoisotopic (exact) mass is 327 g/mol. The number of nitrogens with one attached hydrogen (secondary N) is 1. The largest absolute Gasteiger partial charge is 0.289 e. The third-order valence-corrected chi connectivity index (χ3v) is 4.32. The Morgan fingerprint density at radius 2 is 1.73 bits per heavy atom. The van der Waals surface area contributed by atoms with Gasteiger partial charge in [-0.05, 0) is 24.3 Å². The first-order valence-electron chi connectivity index (χ1n) is 6.57. The van der Waals surface area contributed by atoms with Gasteiger partial charge < -0.3 is 0 Å². The zero-order valence-corrected chi connectivity index (χ0v) is 12.8. The van der Waals surface area contributed by atoms with Crippen LogP contribution >= 0.6 is 23.4 Å². The van der Waals surface area contributed by atoms with Crippen molar-refractivity contribution >= 4 is 29.1 Å². The van der Waals surface area contributed by atoms with Crippen LogP contribution in [0.1, 0.15) is 5.56 Å². The van der Waals surface area contributed by atoms with Crippen LogP contribution in [0.5, 0.6) is 0 Å². The Kier molecular flexibility index (Phi) is 3.32. The van der Waals surface area contributed by atoms with Crippen LogP contribution in [0, 0.1) is 0 Å². The molecule has 0 amide bonds. The van der Waals surface area contributed by atoms with E-state index in [2.05, 4.69) is 20.6 Å². The van der Waals surface area contributed by atoms with Crippen molar-refractivity contribution in [3.05, 3.63) is 64.8 Å². The fourth-order valence-electron chi connectivity index (χ4n) is 2.16. The van der Waals surface area contributed by atoms with Gasteiger partial charge in [0.25, 0.3) is 0 Å². The van der Waals surface area contributed by atoms with Crippen molar-refractivity contribution in [1.82, 2.24) is 19.9 Å². The minimum Gasteiger partial charge on any atom is -0.289 e. The Morgan fingerprint density at radius 1 is 0.955 bits per heavy atom. The summed E-state index contributed by atoms with van der Waals surface area (Å²) in [6.07, 6.45) is 3.48. The summed E-state index contributed by atoms with van der Waals surface area (Å²) in [4.78, 5) is 4.03. The number of aromatic nitrogens is 4. The van der Waals surface area contributed by atoms with E-state index < -0.39 is 0 Å². The molecule has 5 nitrogen and oxygen atoms in total. The molecule has 3 heterocycles. The van der Waals surface area contributed by atoms with Gasteiger partial charge >= 0.3 is 0 Å². The molecule has 0 saturated heterocycles. The highest BCUT2D eigenvalue weighted by atomic mass is 35.5. The second kappa shape index (κ2) is 5.47. The Balaban J connectivity index is 1.70. The molecule has 108 valence electrons. The number of thioether (sulfide) groups is 1. The van der Waals surface area contributed by atoms with Crippen LogP contribution in [0.15, 0.2) is 59.4 Å². The second-order valence-corrected chi connectivity index (χ2v) is 5.92. The van der Waals surface area contributed by atoms with Gasteiger partial charge in [-0.15, -0.1) is 10.2 Å². The van der Waals surface area contributed by atoms with E-state index in [0.29, 0.717) is 0 Å². The van der Waals surface area contributed by atoms with Crippen LogP contribution in [-0.4, -0.2) is 19.9 Å². The van der Waals surface area contributed by atoms with Gasteiger partial charge in [0.1, 0.15) is 0 Å². The molecule has 1 N–H and O–H groups in total. The maximum atomic E-state index is 5.94. The average Bonchev–Trinajstić information content (AvgIpc) is 2.99. The first-order chi connectivity index (χ1) is 10.8. The van der Waals surface area contributed by atoms with Crippen molar-refractivity contribution in [2.24, 2.45) is 0 Å². The molecular formula is C15H10ClN5S. The lowest BCUT2D eigenvalue weighted by Crippen LogP contribution is -2.18. The van der Waals surface area contributed by atoms with Crippen LogP contribution in [0.3, 0.4) is 0 Å². The van der Waals surface area contributed by atoms with Crippen molar-refractivity contribution in [3.63, 3.8) is 0 Å². The lowest BCUT2D eigenvalue weighted by Gasteiger charge is -2.19. The SMILES string of the molecule is Clc1ccc(C2=CSc3nnc(-c4ccncc4)n3N2)cc1. The molecule has 0 saturated carbocycles. The normalized spacial score (nSPS) is 13.2. The number of rotatable bonds is 2. The molecule has 22 heavy (non-hydrogen) atoms. The molecule has 0 fully saturated rings. The van der Waals surface area contributed by atoms with Gasteiger partial charge in [-0.25, -0.2) is 4.68 Å². The highest BCUT2D eigenvalue weighted by Gasteiger charge is 2.19. The maximum Gasteiger partial charge on any atom is 0.214 e. The molecule has 0 spiro atoms. The minimum atomic E-state index is 0.718. The molecule has 0 aliphatic carbocycles. The zero-order chi connectivity index (χ0) is 14.9. The first kappa shape index (κ1) is 13.4. The number of hydrogen-bond donors (Lipinski definition) is 1. The topological polar surface area (TPSA) is 55.6 Å². The molecule has 1 aliphatic heterocycles. The number of pyridine rings is 1. The van der Waals surface area contributed by atoms with Gasteiger partial charge in [-0.1, -0.05) is 35.5 Å². The van der Waals surface area contributed by atoms with E-state index in [1.807, 2.05) is 46.5 Å². The molecule has 0 bridgehead atoms. The van der Waals surface area contributed by atoms with E-state index >= 15 is 0 Å². The third kappa shape index (κ3) is 2.36. The summed E-state index contributed by atoms with van der Waals surface area (Å²) in [5, 5.41) is 12.0. The molecule has 2 aromatic heterocycles. The Bertz CT molecular complexity index is 842. The van der Waals surface area contributed by atoms with Gasteiger partial charge in [0.15, 0.2) is 5.82 Å². The van der Waals surface area contributed by atoms with Gasteiger partial charge in [0.2, 0.25) is 5.16 Å². The highest BCUT2D eigenvalue weighted by molar-refractivity contribution is 8.02. The van der Waals surface area contributed by atoms with Crippen LogP contribution in [0.25, 0.3) is 17.1 Å². The predicted octanol–water partition coefficient (Wildman–Crippen LogP) is 3.64. The summed E-state index contributed by atoms with van der Waals surface area (Å²) in [6, 6.07) is 11.5. The standard InChI is InChI=1S/C15H10ClN5S/c16-12-3-1-10(2-4-12)13-9-22-15-19-18-14(21(15)20-13)11-5-7-17-8-6-11/h1-9,20H. The van der Waals surface area contributed by atoms with Crippen LogP contribution < -0.4 is 5.43 Å². The van der Waals surface area contributed by atoms with E-state index in [1.165, 1.54) is 11.8 Å². The lowest BCUT2D eigenvalue weighted by atomic mass is 10.2. The van der Waals surface area contributed by atoms with Gasteiger partial charge in [-0.3, -0.25) is 10.4 Å². The minimum absolute atomic E-state index is 0.718. The molecule has 1 aliphatic rings. The number of nitrogens with zero attached hydrogens (tertiary/aromatic N) is 4. The Labute approximate surface area is 136 Å². The Morgan fingerprint density at radius 3 is 2.50 bits per heavy atom. The number of fused-ring (bicyclic) bond motifs is 1. The third-order valence-electron chi connectivity index (χ3n) is 3.24. The molecule has 1 aromatic carbocycles. The van der Waals surface area contributed by atoms with E-state index in [-0.39, 0.29) is 0 Å². The second-order valence-electron chi connectivity index (χ2n) is 4.65. The van der Waals surface area contributed by atoms with E-state index in [0.717, 1.165) is 32.8 Å². The van der Waals surface area contributed by atoms with E-state index in [9.17, 15) is 0 Å². The van der Waals surface area contributed by atoms with Crippen molar-refractivity contribution in [1.29, 1.82) is 0 Å². The molecule has 3 aromatic rings. The van der Waals surface area contributed by atoms with Crippen molar-refractivity contribution in [2.45, 2.75) is 5.16 Å². The lowest BCUT2D eigenvalue weighted by molar-refractivity contribution is 0.826. The molecule has 7 heteroatoms.